The minimum Gasteiger partial charge on any atom is -0.393 e. The molecule has 3 aliphatic rings. The van der Waals surface area contributed by atoms with Gasteiger partial charge in [0.15, 0.2) is 0 Å². The topological polar surface area (TPSA) is 29.5 Å². The second-order valence-corrected chi connectivity index (χ2v) is 7.40. The minimum atomic E-state index is -0.128. The number of hydrogen-bond donors (Lipinski definition) is 1. The van der Waals surface area contributed by atoms with Crippen LogP contribution in [0.5, 0.6) is 0 Å². The lowest BCUT2D eigenvalue weighted by Crippen LogP contribution is -2.41. The van der Waals surface area contributed by atoms with E-state index in [0.29, 0.717) is 17.8 Å². The van der Waals surface area contributed by atoms with Crippen LogP contribution in [0.25, 0.3) is 0 Å². The van der Waals surface area contributed by atoms with Crippen LogP contribution in [0.1, 0.15) is 56.4 Å². The van der Waals surface area contributed by atoms with E-state index in [0.717, 1.165) is 25.9 Å². The molecule has 1 aromatic carbocycles. The van der Waals surface area contributed by atoms with Gasteiger partial charge in [-0.15, -0.1) is 0 Å². The van der Waals surface area contributed by atoms with E-state index < -0.39 is 0 Å². The van der Waals surface area contributed by atoms with E-state index in [9.17, 15) is 5.11 Å². The van der Waals surface area contributed by atoms with Crippen molar-refractivity contribution >= 4 is 0 Å². The largest absolute Gasteiger partial charge is 0.393 e. The van der Waals surface area contributed by atoms with E-state index in [1.807, 2.05) is 0 Å². The average molecular weight is 286 g/mol. The van der Waals surface area contributed by atoms with Crippen molar-refractivity contribution in [2.75, 3.05) is 6.61 Å². The van der Waals surface area contributed by atoms with E-state index in [2.05, 4.69) is 30.3 Å². The zero-order chi connectivity index (χ0) is 14.3. The Morgan fingerprint density at radius 2 is 1.90 bits per heavy atom. The van der Waals surface area contributed by atoms with E-state index in [1.165, 1.54) is 31.2 Å². The molecule has 21 heavy (non-hydrogen) atoms. The van der Waals surface area contributed by atoms with Gasteiger partial charge in [0.1, 0.15) is 0 Å². The van der Waals surface area contributed by atoms with Crippen molar-refractivity contribution in [1.82, 2.24) is 0 Å². The van der Waals surface area contributed by atoms with Crippen molar-refractivity contribution in [3.8, 4) is 0 Å². The van der Waals surface area contributed by atoms with Gasteiger partial charge in [-0.2, -0.15) is 0 Å². The molecule has 114 valence electrons. The van der Waals surface area contributed by atoms with Gasteiger partial charge in [0.25, 0.3) is 0 Å². The summed E-state index contributed by atoms with van der Waals surface area (Å²) in [5.41, 5.74) is 1.53. The van der Waals surface area contributed by atoms with Crippen LogP contribution >= 0.6 is 0 Å². The van der Waals surface area contributed by atoms with Crippen molar-refractivity contribution < 1.29 is 9.84 Å². The lowest BCUT2D eigenvalue weighted by Gasteiger charge is -2.40. The molecule has 0 aromatic heterocycles. The maximum atomic E-state index is 10.8. The highest BCUT2D eigenvalue weighted by Crippen LogP contribution is 2.53. The standard InChI is InChI=1S/C19H26O2/c20-18(17-12-16(17)14-6-2-1-3-7-14)15-8-11-21-19(13-15)9-4-5-10-19/h1-3,6-7,15-18,20H,4-5,8-13H2. The Balaban J connectivity index is 1.40. The van der Waals surface area contributed by atoms with Crippen LogP contribution in [-0.4, -0.2) is 23.4 Å². The quantitative estimate of drug-likeness (QED) is 0.913. The van der Waals surface area contributed by atoms with Crippen LogP contribution in [-0.2, 0) is 4.74 Å². The molecule has 4 atom stereocenters. The average Bonchev–Trinajstić information content (AvgIpc) is 3.22. The summed E-state index contributed by atoms with van der Waals surface area (Å²) in [6.45, 7) is 0.852. The highest BCUT2D eigenvalue weighted by molar-refractivity contribution is 5.26. The Morgan fingerprint density at radius 3 is 2.67 bits per heavy atom. The maximum Gasteiger partial charge on any atom is 0.0686 e. The van der Waals surface area contributed by atoms with Crippen LogP contribution in [0.4, 0.5) is 0 Å². The summed E-state index contributed by atoms with van der Waals surface area (Å²) >= 11 is 0. The summed E-state index contributed by atoms with van der Waals surface area (Å²) in [7, 11) is 0. The maximum absolute atomic E-state index is 10.8. The van der Waals surface area contributed by atoms with Gasteiger partial charge in [0, 0.05) is 6.61 Å². The lowest BCUT2D eigenvalue weighted by atomic mass is 9.80. The van der Waals surface area contributed by atoms with Crippen molar-refractivity contribution in [2.24, 2.45) is 11.8 Å². The Labute approximate surface area is 127 Å². The molecule has 4 rings (SSSR count). The summed E-state index contributed by atoms with van der Waals surface area (Å²) in [5.74, 6) is 1.52. The van der Waals surface area contributed by atoms with E-state index in [1.54, 1.807) is 0 Å². The molecule has 0 bridgehead atoms. The van der Waals surface area contributed by atoms with Gasteiger partial charge >= 0.3 is 0 Å². The summed E-state index contributed by atoms with van der Waals surface area (Å²) in [5, 5.41) is 10.8. The molecule has 0 radical (unpaired) electrons. The van der Waals surface area contributed by atoms with Gasteiger partial charge in [-0.25, -0.2) is 0 Å². The van der Waals surface area contributed by atoms with Gasteiger partial charge < -0.3 is 9.84 Å². The highest BCUT2D eigenvalue weighted by atomic mass is 16.5. The molecule has 3 fully saturated rings. The third kappa shape index (κ3) is 2.64. The molecule has 2 saturated carbocycles. The first kappa shape index (κ1) is 13.8. The number of aliphatic hydroxyl groups is 1. The number of aliphatic hydroxyl groups excluding tert-OH is 1. The number of hydrogen-bond acceptors (Lipinski definition) is 2. The predicted molar refractivity (Wildman–Crippen MR) is 83.2 cm³/mol. The zero-order valence-corrected chi connectivity index (χ0v) is 12.7. The molecule has 2 nitrogen and oxygen atoms in total. The molecular formula is C19H26O2. The fourth-order valence-corrected chi connectivity index (χ4v) is 4.75. The summed E-state index contributed by atoms with van der Waals surface area (Å²) in [6.07, 6.45) is 8.20. The predicted octanol–water partition coefficient (Wildman–Crippen LogP) is 3.89. The van der Waals surface area contributed by atoms with Gasteiger partial charge in [-0.1, -0.05) is 43.2 Å². The Morgan fingerprint density at radius 1 is 1.14 bits per heavy atom. The Bertz CT molecular complexity index is 478. The monoisotopic (exact) mass is 286 g/mol. The fraction of sp³-hybridized carbons (Fsp3) is 0.684. The molecule has 2 heteroatoms. The molecule has 0 amide bonds. The Kier molecular flexibility index (Phi) is 3.55. The van der Waals surface area contributed by atoms with Gasteiger partial charge in [-0.05, 0) is 55.4 Å². The zero-order valence-electron chi connectivity index (χ0n) is 12.7. The number of benzene rings is 1. The van der Waals surface area contributed by atoms with Crippen LogP contribution in [0.3, 0.4) is 0 Å². The van der Waals surface area contributed by atoms with Gasteiger partial charge in [0.2, 0.25) is 0 Å². The van der Waals surface area contributed by atoms with Crippen molar-refractivity contribution in [3.05, 3.63) is 35.9 Å². The SMILES string of the molecule is OC(C1CCOC2(CCCC2)C1)C1CC1c1ccccc1. The van der Waals surface area contributed by atoms with Gasteiger partial charge in [-0.3, -0.25) is 0 Å². The number of ether oxygens (including phenoxy) is 1. The van der Waals surface area contributed by atoms with Crippen molar-refractivity contribution in [3.63, 3.8) is 0 Å². The molecule has 2 aliphatic carbocycles. The van der Waals surface area contributed by atoms with Crippen LogP contribution < -0.4 is 0 Å². The van der Waals surface area contributed by atoms with Crippen LogP contribution in [0.15, 0.2) is 30.3 Å². The first-order valence-corrected chi connectivity index (χ1v) is 8.64. The van der Waals surface area contributed by atoms with Crippen molar-refractivity contribution in [1.29, 1.82) is 0 Å². The molecule has 1 spiro atoms. The minimum absolute atomic E-state index is 0.126. The van der Waals surface area contributed by atoms with E-state index >= 15 is 0 Å². The summed E-state index contributed by atoms with van der Waals surface area (Å²) in [4.78, 5) is 0. The molecule has 1 saturated heterocycles. The highest BCUT2D eigenvalue weighted by Gasteiger charge is 2.49. The molecule has 1 aliphatic heterocycles. The normalized spacial score (nSPS) is 35.8. The third-order valence-corrected chi connectivity index (χ3v) is 6.04. The second-order valence-electron chi connectivity index (χ2n) is 7.40. The first-order chi connectivity index (χ1) is 10.3. The molecule has 4 unspecified atom stereocenters. The summed E-state index contributed by atoms with van der Waals surface area (Å²) < 4.78 is 6.11. The molecular weight excluding hydrogens is 260 g/mol. The van der Waals surface area contributed by atoms with Crippen LogP contribution in [0.2, 0.25) is 0 Å². The first-order valence-electron chi connectivity index (χ1n) is 8.64. The fourth-order valence-electron chi connectivity index (χ4n) is 4.75. The summed E-state index contributed by atoms with van der Waals surface area (Å²) in [6, 6.07) is 10.7. The van der Waals surface area contributed by atoms with Crippen LogP contribution in [0, 0.1) is 11.8 Å². The molecule has 1 N–H and O–H groups in total. The number of rotatable bonds is 3. The second kappa shape index (κ2) is 5.40. The molecule has 1 aromatic rings. The third-order valence-electron chi connectivity index (χ3n) is 6.04. The van der Waals surface area contributed by atoms with Crippen molar-refractivity contribution in [2.45, 2.75) is 62.6 Å². The van der Waals surface area contributed by atoms with E-state index in [-0.39, 0.29) is 11.7 Å². The smallest absolute Gasteiger partial charge is 0.0686 e. The van der Waals surface area contributed by atoms with Gasteiger partial charge in [0.05, 0.1) is 11.7 Å². The van der Waals surface area contributed by atoms with E-state index in [4.69, 9.17) is 4.74 Å². The molecule has 1 heterocycles. The lowest BCUT2D eigenvalue weighted by molar-refractivity contribution is -0.115. The Hall–Kier alpha value is -0.860.